The molecule has 0 radical (unpaired) electrons. The first-order valence-corrected chi connectivity index (χ1v) is 6.59. The van der Waals surface area contributed by atoms with E-state index in [0.717, 1.165) is 23.3 Å². The Hall–Kier alpha value is -0.840. The molecule has 0 bridgehead atoms. The van der Waals surface area contributed by atoms with Crippen LogP contribution in [0.5, 0.6) is 0 Å². The predicted molar refractivity (Wildman–Crippen MR) is 68.0 cm³/mol. The first-order valence-electron chi connectivity index (χ1n) is 5.77. The Morgan fingerprint density at radius 3 is 2.81 bits per heavy atom. The molecule has 0 atom stereocenters. The van der Waals surface area contributed by atoms with Crippen LogP contribution >= 0.6 is 11.8 Å². The molecule has 0 unspecified atom stereocenters. The Bertz CT molecular complexity index is 347. The number of amidine groups is 2. The summed E-state index contributed by atoms with van der Waals surface area (Å²) >= 11 is 1.61. The highest BCUT2D eigenvalue weighted by Gasteiger charge is 2.34. The van der Waals surface area contributed by atoms with Crippen LogP contribution in [0, 0.1) is 0 Å². The van der Waals surface area contributed by atoms with Gasteiger partial charge in [0.05, 0.1) is 0 Å². The molecule has 1 heterocycles. The fourth-order valence-electron chi connectivity index (χ4n) is 1.60. The summed E-state index contributed by atoms with van der Waals surface area (Å²) in [6, 6.07) is 0.709. The highest BCUT2D eigenvalue weighted by molar-refractivity contribution is 8.28. The second-order valence-electron chi connectivity index (χ2n) is 4.22. The third kappa shape index (κ3) is 2.84. The third-order valence-electron chi connectivity index (χ3n) is 2.51. The number of carbonyl (C=O) groups is 1. The van der Waals surface area contributed by atoms with Gasteiger partial charge in [-0.05, 0) is 37.9 Å². The number of nitrogens with zero attached hydrogens (tertiary/aromatic N) is 3. The molecule has 1 fully saturated rings. The third-order valence-corrected chi connectivity index (χ3v) is 3.42. The van der Waals surface area contributed by atoms with E-state index in [1.54, 1.807) is 18.7 Å². The van der Waals surface area contributed by atoms with Gasteiger partial charge in [0.15, 0.2) is 16.1 Å². The van der Waals surface area contributed by atoms with Crippen molar-refractivity contribution in [2.24, 2.45) is 9.98 Å². The summed E-state index contributed by atoms with van der Waals surface area (Å²) in [5, 5.41) is 1.85. The molecule has 5 heteroatoms. The van der Waals surface area contributed by atoms with Gasteiger partial charge in [0.1, 0.15) is 6.54 Å². The van der Waals surface area contributed by atoms with Crippen molar-refractivity contribution in [3.05, 3.63) is 0 Å². The van der Waals surface area contributed by atoms with Crippen LogP contribution in [0.2, 0.25) is 0 Å². The normalized spacial score (nSPS) is 21.6. The van der Waals surface area contributed by atoms with Crippen molar-refractivity contribution in [1.82, 2.24) is 4.90 Å². The lowest BCUT2D eigenvalue weighted by molar-refractivity contribution is -0.115. The first kappa shape index (κ1) is 11.6. The van der Waals surface area contributed by atoms with Gasteiger partial charge in [-0.2, -0.15) is 4.99 Å². The van der Waals surface area contributed by atoms with Gasteiger partial charge in [0.2, 0.25) is 0 Å². The molecule has 0 N–H and O–H groups in total. The summed E-state index contributed by atoms with van der Waals surface area (Å²) in [5.74, 6) is 0.0874. The minimum absolute atomic E-state index is 0.0874. The number of carbonyl (C=O) groups excluding carboxylic acids is 1. The molecule has 1 saturated carbocycles. The van der Waals surface area contributed by atoms with Crippen molar-refractivity contribution in [3.63, 3.8) is 0 Å². The lowest BCUT2D eigenvalue weighted by Gasteiger charge is -2.28. The van der Waals surface area contributed by atoms with Crippen LogP contribution in [0.3, 0.4) is 0 Å². The SMILES string of the molecule is CCCN(C1=NC(=NCC(C)=O)S1)C1CC1. The number of ketones is 1. The van der Waals surface area contributed by atoms with Crippen molar-refractivity contribution < 1.29 is 4.79 Å². The highest BCUT2D eigenvalue weighted by Crippen LogP contribution is 2.33. The van der Waals surface area contributed by atoms with Gasteiger partial charge >= 0.3 is 0 Å². The largest absolute Gasteiger partial charge is 0.348 e. The molecule has 1 aliphatic heterocycles. The van der Waals surface area contributed by atoms with Crippen LogP contribution in [0.4, 0.5) is 0 Å². The van der Waals surface area contributed by atoms with Gasteiger partial charge < -0.3 is 4.90 Å². The molecule has 2 rings (SSSR count). The zero-order valence-electron chi connectivity index (χ0n) is 9.77. The molecular formula is C11H17N3OS. The molecule has 0 amide bonds. The summed E-state index contributed by atoms with van der Waals surface area (Å²) in [6.07, 6.45) is 3.73. The van der Waals surface area contributed by atoms with E-state index in [4.69, 9.17) is 0 Å². The molecule has 2 aliphatic rings. The fraction of sp³-hybridized carbons (Fsp3) is 0.727. The lowest BCUT2D eigenvalue weighted by Crippen LogP contribution is -2.36. The molecule has 0 aromatic rings. The molecule has 0 saturated heterocycles. The maximum absolute atomic E-state index is 10.7. The molecule has 88 valence electrons. The number of hydrogen-bond acceptors (Lipinski definition) is 4. The van der Waals surface area contributed by atoms with Crippen molar-refractivity contribution in [2.75, 3.05) is 13.1 Å². The highest BCUT2D eigenvalue weighted by atomic mass is 32.2. The number of rotatable bonds is 5. The van der Waals surface area contributed by atoms with Gasteiger partial charge in [-0.15, -0.1) is 0 Å². The Labute approximate surface area is 100 Å². The van der Waals surface area contributed by atoms with E-state index in [1.807, 2.05) is 0 Å². The molecule has 0 aromatic carbocycles. The second kappa shape index (κ2) is 4.99. The molecule has 1 aliphatic carbocycles. The quantitative estimate of drug-likeness (QED) is 0.736. The number of Topliss-reactive ketones (excluding diaryl/α,β-unsaturated/α-hetero) is 1. The van der Waals surface area contributed by atoms with Gasteiger partial charge in [0.25, 0.3) is 0 Å². The van der Waals surface area contributed by atoms with E-state index in [9.17, 15) is 4.79 Å². The lowest BCUT2D eigenvalue weighted by atomic mass is 10.4. The first-order chi connectivity index (χ1) is 7.70. The van der Waals surface area contributed by atoms with E-state index < -0.39 is 0 Å². The summed E-state index contributed by atoms with van der Waals surface area (Å²) in [6.45, 7) is 5.07. The van der Waals surface area contributed by atoms with E-state index >= 15 is 0 Å². The zero-order chi connectivity index (χ0) is 11.5. The molecular weight excluding hydrogens is 222 g/mol. The standard InChI is InChI=1S/C11H17N3OS/c1-3-6-14(9-4-5-9)11-13-10(16-11)12-7-8(2)15/h9H,3-7H2,1-2H3. The van der Waals surface area contributed by atoms with E-state index in [2.05, 4.69) is 21.8 Å². The van der Waals surface area contributed by atoms with Crippen LogP contribution in [0.15, 0.2) is 9.98 Å². The maximum atomic E-state index is 10.7. The van der Waals surface area contributed by atoms with Crippen molar-refractivity contribution in [2.45, 2.75) is 39.2 Å². The van der Waals surface area contributed by atoms with Crippen LogP contribution in [0.1, 0.15) is 33.1 Å². The summed E-state index contributed by atoms with van der Waals surface area (Å²) in [5.41, 5.74) is 0. The summed E-state index contributed by atoms with van der Waals surface area (Å²) < 4.78 is 0. The van der Waals surface area contributed by atoms with Crippen molar-refractivity contribution in [1.29, 1.82) is 0 Å². The molecule has 0 aromatic heterocycles. The van der Waals surface area contributed by atoms with Crippen molar-refractivity contribution in [3.8, 4) is 0 Å². The number of thioether (sulfide) groups is 1. The zero-order valence-corrected chi connectivity index (χ0v) is 10.6. The Morgan fingerprint density at radius 1 is 1.62 bits per heavy atom. The minimum Gasteiger partial charge on any atom is -0.348 e. The monoisotopic (exact) mass is 239 g/mol. The minimum atomic E-state index is 0.0874. The Balaban J connectivity index is 1.89. The van der Waals surface area contributed by atoms with Crippen molar-refractivity contribution >= 4 is 27.9 Å². The fourth-order valence-corrected chi connectivity index (χ4v) is 2.38. The van der Waals surface area contributed by atoms with Crippen LogP contribution in [0.25, 0.3) is 0 Å². The van der Waals surface area contributed by atoms with Gasteiger partial charge in [0, 0.05) is 12.6 Å². The average Bonchev–Trinajstić information content (AvgIpc) is 2.96. The van der Waals surface area contributed by atoms with Gasteiger partial charge in [-0.25, -0.2) is 0 Å². The number of aliphatic imine (C=N–C) groups is 2. The Kier molecular flexibility index (Phi) is 3.63. The topological polar surface area (TPSA) is 45.0 Å². The van der Waals surface area contributed by atoms with E-state index in [-0.39, 0.29) is 12.3 Å². The van der Waals surface area contributed by atoms with Crippen LogP contribution < -0.4 is 0 Å². The summed E-state index contributed by atoms with van der Waals surface area (Å²) in [7, 11) is 0. The van der Waals surface area contributed by atoms with Crippen LogP contribution in [-0.4, -0.2) is 40.1 Å². The van der Waals surface area contributed by atoms with Gasteiger partial charge in [-0.3, -0.25) is 9.79 Å². The Morgan fingerprint density at radius 2 is 2.31 bits per heavy atom. The molecule has 0 spiro atoms. The summed E-state index contributed by atoms with van der Waals surface area (Å²) in [4.78, 5) is 21.6. The van der Waals surface area contributed by atoms with E-state index in [0.29, 0.717) is 6.04 Å². The molecule has 4 nitrogen and oxygen atoms in total. The van der Waals surface area contributed by atoms with Gasteiger partial charge in [-0.1, -0.05) is 6.92 Å². The van der Waals surface area contributed by atoms with Crippen LogP contribution in [-0.2, 0) is 4.79 Å². The predicted octanol–water partition coefficient (Wildman–Crippen LogP) is 1.91. The molecule has 16 heavy (non-hydrogen) atoms. The second-order valence-corrected chi connectivity index (χ2v) is 5.16. The van der Waals surface area contributed by atoms with E-state index in [1.165, 1.54) is 12.8 Å². The smallest absolute Gasteiger partial charge is 0.193 e. The average molecular weight is 239 g/mol. The maximum Gasteiger partial charge on any atom is 0.193 e. The number of hydrogen-bond donors (Lipinski definition) is 0.